The lowest BCUT2D eigenvalue weighted by molar-refractivity contribution is -0.118. The van der Waals surface area contributed by atoms with Crippen LogP contribution in [0.15, 0.2) is 23.1 Å². The Kier molecular flexibility index (Phi) is 6.96. The number of thioether (sulfide) groups is 1. The molecule has 33 heavy (non-hydrogen) atoms. The number of rotatable bonds is 8. The van der Waals surface area contributed by atoms with E-state index in [1.165, 1.54) is 41.5 Å². The van der Waals surface area contributed by atoms with E-state index in [4.69, 9.17) is 4.74 Å². The van der Waals surface area contributed by atoms with Gasteiger partial charge in [-0.15, -0.1) is 23.1 Å². The highest BCUT2D eigenvalue weighted by atomic mass is 32.2. The molecule has 0 unspecified atom stereocenters. The van der Waals surface area contributed by atoms with E-state index in [0.717, 1.165) is 47.9 Å². The number of carbonyl (C=O) groups excluding carboxylic acids is 1. The minimum absolute atomic E-state index is 0.0484. The molecular formula is C24H28N4O3S2. The van der Waals surface area contributed by atoms with Crippen molar-refractivity contribution in [3.05, 3.63) is 50.5 Å². The van der Waals surface area contributed by atoms with Crippen LogP contribution in [0.3, 0.4) is 0 Å². The van der Waals surface area contributed by atoms with Crippen molar-refractivity contribution in [1.82, 2.24) is 20.3 Å². The molecule has 9 heteroatoms. The summed E-state index contributed by atoms with van der Waals surface area (Å²) in [6.07, 6.45) is 10.9. The van der Waals surface area contributed by atoms with Crippen molar-refractivity contribution < 1.29 is 9.53 Å². The molecular weight excluding hydrogens is 456 g/mol. The van der Waals surface area contributed by atoms with Gasteiger partial charge in [0.05, 0.1) is 16.9 Å². The maximum atomic E-state index is 12.6. The number of carbonyl (C=O) groups is 1. The van der Waals surface area contributed by atoms with Gasteiger partial charge < -0.3 is 15.0 Å². The normalized spacial score (nSPS) is 16.1. The molecule has 2 aliphatic carbocycles. The van der Waals surface area contributed by atoms with Gasteiger partial charge in [-0.2, -0.15) is 0 Å². The summed E-state index contributed by atoms with van der Waals surface area (Å²) in [5, 5.41) is 3.72. The van der Waals surface area contributed by atoms with E-state index in [1.54, 1.807) is 17.5 Å². The number of aromatic amines is 1. The van der Waals surface area contributed by atoms with E-state index in [-0.39, 0.29) is 17.6 Å². The van der Waals surface area contributed by atoms with Crippen LogP contribution in [0.5, 0.6) is 5.88 Å². The van der Waals surface area contributed by atoms with Gasteiger partial charge >= 0.3 is 0 Å². The second kappa shape index (κ2) is 10.3. The van der Waals surface area contributed by atoms with Crippen LogP contribution in [0, 0.1) is 0 Å². The van der Waals surface area contributed by atoms with Crippen LogP contribution in [0.25, 0.3) is 10.2 Å². The number of nitrogens with one attached hydrogen (secondary N) is 2. The van der Waals surface area contributed by atoms with Crippen LogP contribution >= 0.6 is 23.1 Å². The van der Waals surface area contributed by atoms with Gasteiger partial charge in [0.2, 0.25) is 11.8 Å². The fourth-order valence-corrected chi connectivity index (χ4v) is 6.57. The van der Waals surface area contributed by atoms with E-state index < -0.39 is 0 Å². The van der Waals surface area contributed by atoms with E-state index >= 15 is 0 Å². The maximum Gasteiger partial charge on any atom is 0.259 e. The number of aromatic nitrogens is 3. The Balaban J connectivity index is 1.11. The van der Waals surface area contributed by atoms with Crippen molar-refractivity contribution in [3.63, 3.8) is 0 Å². The molecule has 7 nitrogen and oxygen atoms in total. The summed E-state index contributed by atoms with van der Waals surface area (Å²) >= 11 is 3.10. The SMILES string of the molecule is O=C(CSCc1nc2sc3c(c2c(=O)[nH]1)CCCC3)NCc1ccnc(OC2CCCC2)c1. The monoisotopic (exact) mass is 484 g/mol. The molecule has 2 N–H and O–H groups in total. The molecule has 2 aliphatic rings. The first-order valence-electron chi connectivity index (χ1n) is 11.6. The number of H-pyrrole nitrogens is 1. The number of pyridine rings is 1. The Bertz CT molecular complexity index is 1200. The predicted molar refractivity (Wildman–Crippen MR) is 132 cm³/mol. The fourth-order valence-electron chi connectivity index (χ4n) is 4.57. The largest absolute Gasteiger partial charge is 0.474 e. The number of aryl methyl sites for hydroxylation is 2. The molecule has 3 aromatic rings. The molecule has 0 radical (unpaired) electrons. The summed E-state index contributed by atoms with van der Waals surface area (Å²) in [7, 11) is 0. The Morgan fingerprint density at radius 3 is 2.97 bits per heavy atom. The molecule has 5 rings (SSSR count). The zero-order valence-corrected chi connectivity index (χ0v) is 20.2. The smallest absolute Gasteiger partial charge is 0.259 e. The number of amides is 1. The first-order valence-corrected chi connectivity index (χ1v) is 13.6. The molecule has 174 valence electrons. The van der Waals surface area contributed by atoms with Crippen molar-refractivity contribution in [3.8, 4) is 5.88 Å². The molecule has 0 aliphatic heterocycles. The number of thiophene rings is 1. The van der Waals surface area contributed by atoms with Crippen LogP contribution < -0.4 is 15.6 Å². The van der Waals surface area contributed by atoms with Crippen LogP contribution in [-0.4, -0.2) is 32.7 Å². The van der Waals surface area contributed by atoms with Crippen LogP contribution in [0.1, 0.15) is 60.4 Å². The maximum absolute atomic E-state index is 12.6. The number of ether oxygens (including phenoxy) is 1. The first-order chi connectivity index (χ1) is 16.2. The van der Waals surface area contributed by atoms with Crippen molar-refractivity contribution in [2.75, 3.05) is 5.75 Å². The lowest BCUT2D eigenvalue weighted by Crippen LogP contribution is -2.25. The Hall–Kier alpha value is -2.39. The van der Waals surface area contributed by atoms with Crippen molar-refractivity contribution in [1.29, 1.82) is 0 Å². The molecule has 0 atom stereocenters. The Morgan fingerprint density at radius 2 is 2.09 bits per heavy atom. The van der Waals surface area contributed by atoms with E-state index in [9.17, 15) is 9.59 Å². The zero-order valence-electron chi connectivity index (χ0n) is 18.5. The molecule has 0 aromatic carbocycles. The summed E-state index contributed by atoms with van der Waals surface area (Å²) < 4.78 is 5.94. The lowest BCUT2D eigenvalue weighted by Gasteiger charge is -2.13. The fraction of sp³-hybridized carbons (Fsp3) is 0.500. The molecule has 1 fully saturated rings. The van der Waals surface area contributed by atoms with E-state index in [0.29, 0.717) is 29.8 Å². The molecule has 1 amide bonds. The predicted octanol–water partition coefficient (Wildman–Crippen LogP) is 4.13. The zero-order chi connectivity index (χ0) is 22.6. The van der Waals surface area contributed by atoms with Gasteiger partial charge in [-0.1, -0.05) is 0 Å². The van der Waals surface area contributed by atoms with E-state index in [2.05, 4.69) is 20.3 Å². The highest BCUT2D eigenvalue weighted by Gasteiger charge is 2.20. The molecule has 3 aromatic heterocycles. The highest BCUT2D eigenvalue weighted by molar-refractivity contribution is 7.99. The first kappa shape index (κ1) is 22.4. The lowest BCUT2D eigenvalue weighted by atomic mass is 9.97. The summed E-state index contributed by atoms with van der Waals surface area (Å²) in [6.45, 7) is 0.435. The molecule has 0 saturated heterocycles. The second-order valence-electron chi connectivity index (χ2n) is 8.70. The quantitative estimate of drug-likeness (QED) is 0.499. The van der Waals surface area contributed by atoms with Gasteiger partial charge in [-0.3, -0.25) is 9.59 Å². The summed E-state index contributed by atoms with van der Waals surface area (Å²) in [6, 6.07) is 3.79. The van der Waals surface area contributed by atoms with Gasteiger partial charge in [0.1, 0.15) is 16.8 Å². The molecule has 1 saturated carbocycles. The van der Waals surface area contributed by atoms with E-state index in [1.807, 2.05) is 12.1 Å². The number of hydrogen-bond donors (Lipinski definition) is 2. The van der Waals surface area contributed by atoms with Crippen molar-refractivity contribution >= 4 is 39.2 Å². The van der Waals surface area contributed by atoms with Gasteiger partial charge in [0, 0.05) is 23.7 Å². The third-order valence-electron chi connectivity index (χ3n) is 6.22. The van der Waals surface area contributed by atoms with Gasteiger partial charge in [-0.25, -0.2) is 9.97 Å². The third-order valence-corrected chi connectivity index (χ3v) is 8.35. The van der Waals surface area contributed by atoms with Crippen LogP contribution in [0.4, 0.5) is 0 Å². The third kappa shape index (κ3) is 5.41. The molecule has 0 spiro atoms. The standard InChI is InChI=1S/C24H28N4O3S2/c29-20(26-12-15-9-10-25-21(11-15)31-16-5-1-2-6-16)14-32-13-19-27-23(30)22-17-7-3-4-8-18(17)33-24(22)28-19/h9-11,16H,1-8,12-14H2,(H,26,29)(H,27,28,30). The van der Waals surface area contributed by atoms with Gasteiger partial charge in [-0.05, 0) is 68.6 Å². The van der Waals surface area contributed by atoms with Gasteiger partial charge in [0.15, 0.2) is 0 Å². The minimum atomic E-state index is -0.0508. The average molecular weight is 485 g/mol. The van der Waals surface area contributed by atoms with Crippen LogP contribution in [-0.2, 0) is 29.9 Å². The van der Waals surface area contributed by atoms with Crippen LogP contribution in [0.2, 0.25) is 0 Å². The average Bonchev–Trinajstić information content (AvgIpc) is 3.45. The van der Waals surface area contributed by atoms with Crippen molar-refractivity contribution in [2.45, 2.75) is 69.8 Å². The molecule has 0 bridgehead atoms. The molecule has 3 heterocycles. The number of fused-ring (bicyclic) bond motifs is 3. The summed E-state index contributed by atoms with van der Waals surface area (Å²) in [4.78, 5) is 39.0. The Morgan fingerprint density at radius 1 is 1.24 bits per heavy atom. The summed E-state index contributed by atoms with van der Waals surface area (Å²) in [5.41, 5.74) is 2.11. The topological polar surface area (TPSA) is 97.0 Å². The minimum Gasteiger partial charge on any atom is -0.474 e. The Labute approximate surface area is 200 Å². The highest BCUT2D eigenvalue weighted by Crippen LogP contribution is 2.33. The number of hydrogen-bond acceptors (Lipinski definition) is 7. The number of nitrogens with zero attached hydrogens (tertiary/aromatic N) is 2. The second-order valence-corrected chi connectivity index (χ2v) is 10.8. The van der Waals surface area contributed by atoms with Gasteiger partial charge in [0.25, 0.3) is 5.56 Å². The van der Waals surface area contributed by atoms with Crippen molar-refractivity contribution in [2.24, 2.45) is 0 Å². The summed E-state index contributed by atoms with van der Waals surface area (Å²) in [5.74, 6) is 2.01.